The van der Waals surface area contributed by atoms with E-state index in [-0.39, 0.29) is 43.3 Å². The van der Waals surface area contributed by atoms with Gasteiger partial charge in [0.15, 0.2) is 0 Å². The summed E-state index contributed by atoms with van der Waals surface area (Å²) in [6.07, 6.45) is 8.25. The summed E-state index contributed by atoms with van der Waals surface area (Å²) < 4.78 is 11.7. The van der Waals surface area contributed by atoms with Crippen LogP contribution in [0.2, 0.25) is 0 Å². The Balaban J connectivity index is 1.29. The largest absolute Gasteiger partial charge is 0.489 e. The van der Waals surface area contributed by atoms with E-state index in [0.717, 1.165) is 35.3 Å². The van der Waals surface area contributed by atoms with Crippen LogP contribution in [-0.4, -0.2) is 47.7 Å². The standard InChI is InChI=1S/C41H50N2O6/c1-3-13-34(27-38(45)42-36(28-44)26-32-19-21-37(22-20-32)48-29-33-17-9-6-10-18-33)39(46)43-41(23-11-12-24-41)30-49-40(47)35(14-4-2)25-31-15-7-5-8-16-31/h3-10,15-22,34-36,44H,1-2,11-14,23-30H2,(H,42,45)(H,43,46)/t34-,35-,36+/m1/s1. The van der Waals surface area contributed by atoms with Crippen molar-refractivity contribution in [3.05, 3.63) is 127 Å². The van der Waals surface area contributed by atoms with Crippen LogP contribution in [-0.2, 0) is 38.6 Å². The van der Waals surface area contributed by atoms with Crippen LogP contribution in [0.5, 0.6) is 5.75 Å². The van der Waals surface area contributed by atoms with Gasteiger partial charge in [-0.15, -0.1) is 13.2 Å². The molecule has 0 bridgehead atoms. The van der Waals surface area contributed by atoms with Crippen LogP contribution in [0.25, 0.3) is 0 Å². The highest BCUT2D eigenvalue weighted by Gasteiger charge is 2.39. The summed E-state index contributed by atoms with van der Waals surface area (Å²) in [4.78, 5) is 40.0. The molecule has 1 aliphatic carbocycles. The summed E-state index contributed by atoms with van der Waals surface area (Å²) in [5.74, 6) is -1.20. The molecular formula is C41H50N2O6. The molecule has 8 heteroatoms. The molecule has 3 N–H and O–H groups in total. The van der Waals surface area contributed by atoms with Crippen LogP contribution in [0.1, 0.15) is 61.6 Å². The molecule has 260 valence electrons. The number of amides is 2. The van der Waals surface area contributed by atoms with E-state index in [0.29, 0.717) is 45.1 Å². The molecule has 0 aliphatic heterocycles. The first-order valence-electron chi connectivity index (χ1n) is 17.2. The average molecular weight is 667 g/mol. The van der Waals surface area contributed by atoms with E-state index in [2.05, 4.69) is 23.8 Å². The van der Waals surface area contributed by atoms with Gasteiger partial charge in [0.1, 0.15) is 19.0 Å². The van der Waals surface area contributed by atoms with Gasteiger partial charge >= 0.3 is 5.97 Å². The summed E-state index contributed by atoms with van der Waals surface area (Å²) in [6, 6.07) is 26.8. The highest BCUT2D eigenvalue weighted by atomic mass is 16.5. The third kappa shape index (κ3) is 12.1. The number of rotatable bonds is 20. The Morgan fingerprint density at radius 1 is 0.796 bits per heavy atom. The SMILES string of the molecule is C=CC[C@H](CC(=O)N[C@H](CO)Cc1ccc(OCc2ccccc2)cc1)C(=O)NC1(COC(=O)[C@H](CC=C)Cc2ccccc2)CCCC1. The van der Waals surface area contributed by atoms with Crippen LogP contribution in [0, 0.1) is 11.8 Å². The number of hydrogen-bond donors (Lipinski definition) is 3. The minimum absolute atomic E-state index is 0.0605. The van der Waals surface area contributed by atoms with Gasteiger partial charge in [-0.3, -0.25) is 14.4 Å². The fraction of sp³-hybridized carbons (Fsp3) is 0.390. The van der Waals surface area contributed by atoms with E-state index < -0.39 is 17.5 Å². The fourth-order valence-electron chi connectivity index (χ4n) is 6.31. The number of carbonyl (C=O) groups excluding carboxylic acids is 3. The monoisotopic (exact) mass is 666 g/mol. The smallest absolute Gasteiger partial charge is 0.309 e. The van der Waals surface area contributed by atoms with E-state index in [4.69, 9.17) is 9.47 Å². The number of esters is 1. The summed E-state index contributed by atoms with van der Waals surface area (Å²) in [7, 11) is 0. The second kappa shape index (κ2) is 19.3. The van der Waals surface area contributed by atoms with E-state index in [1.807, 2.05) is 84.9 Å². The number of ether oxygens (including phenoxy) is 2. The number of benzene rings is 3. The van der Waals surface area contributed by atoms with Crippen molar-refractivity contribution in [1.29, 1.82) is 0 Å². The lowest BCUT2D eigenvalue weighted by molar-refractivity contribution is -0.151. The lowest BCUT2D eigenvalue weighted by Gasteiger charge is -2.32. The van der Waals surface area contributed by atoms with Gasteiger partial charge in [-0.05, 0) is 67.3 Å². The van der Waals surface area contributed by atoms with Crippen LogP contribution < -0.4 is 15.4 Å². The molecule has 1 saturated carbocycles. The summed E-state index contributed by atoms with van der Waals surface area (Å²) in [5, 5.41) is 16.1. The summed E-state index contributed by atoms with van der Waals surface area (Å²) in [6.45, 7) is 7.91. The van der Waals surface area contributed by atoms with Crippen LogP contribution in [0.3, 0.4) is 0 Å². The molecule has 3 atom stereocenters. The molecule has 2 amide bonds. The Bertz CT molecular complexity index is 1490. The highest BCUT2D eigenvalue weighted by Crippen LogP contribution is 2.31. The van der Waals surface area contributed by atoms with Gasteiger partial charge < -0.3 is 25.2 Å². The fourth-order valence-corrected chi connectivity index (χ4v) is 6.31. The van der Waals surface area contributed by atoms with Crippen molar-refractivity contribution in [2.75, 3.05) is 13.2 Å². The van der Waals surface area contributed by atoms with Gasteiger partial charge in [0, 0.05) is 6.42 Å². The zero-order valence-corrected chi connectivity index (χ0v) is 28.4. The van der Waals surface area contributed by atoms with Crippen LogP contribution >= 0.6 is 0 Å². The number of nitrogens with one attached hydrogen (secondary N) is 2. The normalized spacial score (nSPS) is 15.3. The van der Waals surface area contributed by atoms with Crippen molar-refractivity contribution in [1.82, 2.24) is 10.6 Å². The Kier molecular flexibility index (Phi) is 14.7. The quantitative estimate of drug-likeness (QED) is 0.0968. The van der Waals surface area contributed by atoms with Gasteiger partial charge in [-0.2, -0.15) is 0 Å². The maximum Gasteiger partial charge on any atom is 0.309 e. The minimum atomic E-state index is -0.682. The molecular weight excluding hydrogens is 616 g/mol. The number of aliphatic hydroxyl groups is 1. The molecule has 0 spiro atoms. The van der Waals surface area contributed by atoms with Crippen molar-refractivity contribution in [3.8, 4) is 5.75 Å². The number of carbonyl (C=O) groups is 3. The molecule has 49 heavy (non-hydrogen) atoms. The second-order valence-electron chi connectivity index (χ2n) is 13.0. The number of allylic oxidation sites excluding steroid dienone is 2. The lowest BCUT2D eigenvalue weighted by atomic mass is 9.93. The first-order valence-corrected chi connectivity index (χ1v) is 17.2. The molecule has 0 heterocycles. The Morgan fingerprint density at radius 3 is 2.00 bits per heavy atom. The summed E-state index contributed by atoms with van der Waals surface area (Å²) in [5.41, 5.74) is 2.38. The van der Waals surface area contributed by atoms with Crippen molar-refractivity contribution >= 4 is 17.8 Å². The van der Waals surface area contributed by atoms with Crippen LogP contribution in [0.15, 0.2) is 110 Å². The molecule has 1 aliphatic rings. The molecule has 4 rings (SSSR count). The molecule has 3 aromatic rings. The van der Waals surface area contributed by atoms with E-state index in [9.17, 15) is 19.5 Å². The van der Waals surface area contributed by atoms with E-state index in [1.165, 1.54) is 0 Å². The first-order chi connectivity index (χ1) is 23.8. The maximum absolute atomic E-state index is 13.6. The van der Waals surface area contributed by atoms with Crippen molar-refractivity contribution in [3.63, 3.8) is 0 Å². The maximum atomic E-state index is 13.6. The first kappa shape index (κ1) is 37.1. The van der Waals surface area contributed by atoms with Crippen LogP contribution in [0.4, 0.5) is 0 Å². The van der Waals surface area contributed by atoms with Gasteiger partial charge in [0.25, 0.3) is 0 Å². The van der Waals surface area contributed by atoms with E-state index in [1.54, 1.807) is 12.2 Å². The summed E-state index contributed by atoms with van der Waals surface area (Å²) >= 11 is 0. The van der Waals surface area contributed by atoms with Crippen molar-refractivity contribution in [2.24, 2.45) is 11.8 Å². The van der Waals surface area contributed by atoms with Crippen molar-refractivity contribution < 1.29 is 29.0 Å². The molecule has 1 fully saturated rings. The zero-order valence-electron chi connectivity index (χ0n) is 28.4. The second-order valence-corrected chi connectivity index (χ2v) is 13.0. The van der Waals surface area contributed by atoms with Gasteiger partial charge in [0.05, 0.1) is 30.0 Å². The molecule has 3 aromatic carbocycles. The van der Waals surface area contributed by atoms with Gasteiger partial charge in [-0.1, -0.05) is 97.8 Å². The Morgan fingerprint density at radius 2 is 1.39 bits per heavy atom. The molecule has 0 aromatic heterocycles. The zero-order chi connectivity index (χ0) is 34.9. The average Bonchev–Trinajstić information content (AvgIpc) is 3.58. The third-order valence-electron chi connectivity index (χ3n) is 9.04. The number of hydrogen-bond acceptors (Lipinski definition) is 6. The minimum Gasteiger partial charge on any atom is -0.489 e. The predicted octanol–water partition coefficient (Wildman–Crippen LogP) is 6.27. The molecule has 0 unspecified atom stereocenters. The molecule has 0 saturated heterocycles. The van der Waals surface area contributed by atoms with Gasteiger partial charge in [0.2, 0.25) is 11.8 Å². The Hall–Kier alpha value is -4.69. The van der Waals surface area contributed by atoms with Gasteiger partial charge in [-0.25, -0.2) is 0 Å². The topological polar surface area (TPSA) is 114 Å². The number of aliphatic hydroxyl groups excluding tert-OH is 1. The molecule has 0 radical (unpaired) electrons. The third-order valence-corrected chi connectivity index (χ3v) is 9.04. The van der Waals surface area contributed by atoms with E-state index >= 15 is 0 Å². The Labute approximate surface area is 290 Å². The highest BCUT2D eigenvalue weighted by molar-refractivity contribution is 5.86. The predicted molar refractivity (Wildman–Crippen MR) is 192 cm³/mol. The lowest BCUT2D eigenvalue weighted by Crippen LogP contribution is -2.53. The van der Waals surface area contributed by atoms with Crippen molar-refractivity contribution in [2.45, 2.75) is 76.0 Å². The molecule has 8 nitrogen and oxygen atoms in total.